The van der Waals surface area contributed by atoms with Gasteiger partial charge in [-0.2, -0.15) is 0 Å². The van der Waals surface area contributed by atoms with Gasteiger partial charge in [-0.1, -0.05) is 6.07 Å². The van der Waals surface area contributed by atoms with Gasteiger partial charge >= 0.3 is 0 Å². The summed E-state index contributed by atoms with van der Waals surface area (Å²) in [4.78, 5) is 13.2. The second kappa shape index (κ2) is 4.14. The highest BCUT2D eigenvalue weighted by Gasteiger charge is 2.38. The average Bonchev–Trinajstić information content (AvgIpc) is 2.47. The summed E-state index contributed by atoms with van der Waals surface area (Å²) >= 11 is 3.05. The Morgan fingerprint density at radius 3 is 2.75 bits per heavy atom. The zero-order valence-electron chi connectivity index (χ0n) is 8.65. The van der Waals surface area contributed by atoms with Gasteiger partial charge in [0.05, 0.1) is 16.5 Å². The average molecular weight is 288 g/mol. The zero-order chi connectivity index (χ0) is 11.9. The Kier molecular flexibility index (Phi) is 2.99. The summed E-state index contributed by atoms with van der Waals surface area (Å²) in [5.41, 5.74) is 0.516. The van der Waals surface area contributed by atoms with Crippen LogP contribution in [0.3, 0.4) is 0 Å². The molecule has 2 rings (SSSR count). The molecule has 0 radical (unpaired) electrons. The molecule has 16 heavy (non-hydrogen) atoms. The van der Waals surface area contributed by atoms with Crippen LogP contribution in [0.2, 0.25) is 0 Å². The van der Waals surface area contributed by atoms with Crippen LogP contribution >= 0.6 is 15.9 Å². The summed E-state index contributed by atoms with van der Waals surface area (Å²) in [6.07, 6.45) is -0.766. The smallest absolute Gasteiger partial charge is 0.232 e. The van der Waals surface area contributed by atoms with Gasteiger partial charge in [-0.3, -0.25) is 4.79 Å². The zero-order valence-corrected chi connectivity index (χ0v) is 10.2. The van der Waals surface area contributed by atoms with Crippen LogP contribution in [0.15, 0.2) is 22.7 Å². The fourth-order valence-corrected chi connectivity index (χ4v) is 2.20. The summed E-state index contributed by atoms with van der Waals surface area (Å²) < 4.78 is 13.7. The van der Waals surface area contributed by atoms with Crippen molar-refractivity contribution < 1.29 is 14.3 Å². The molecule has 1 heterocycles. The fraction of sp³-hybridized carbons (Fsp3) is 0.364. The minimum Gasteiger partial charge on any atom is -0.390 e. The van der Waals surface area contributed by atoms with E-state index >= 15 is 0 Å². The maximum Gasteiger partial charge on any atom is 0.232 e. The lowest BCUT2D eigenvalue weighted by molar-refractivity contribution is -0.128. The van der Waals surface area contributed by atoms with E-state index in [4.69, 9.17) is 0 Å². The number of carbonyl (C=O) groups excluding carboxylic acids is 1. The number of aliphatic hydroxyl groups excluding tert-OH is 1. The van der Waals surface area contributed by atoms with Crippen molar-refractivity contribution in [1.29, 1.82) is 0 Å². The maximum atomic E-state index is 13.3. The Morgan fingerprint density at radius 2 is 2.25 bits per heavy atom. The molecule has 2 unspecified atom stereocenters. The number of rotatable bonds is 1. The fourth-order valence-electron chi connectivity index (χ4n) is 1.95. The standard InChI is InChI=1S/C11H11BrFNO2/c1-14-5-9(15)10(11(14)16)6-2-3-7(12)8(13)4-6/h2-4,9-10,15H,5H2,1H3. The Hall–Kier alpha value is -0.940. The molecule has 86 valence electrons. The third-order valence-corrected chi connectivity index (χ3v) is 3.43. The van der Waals surface area contributed by atoms with Crippen molar-refractivity contribution in [3.8, 4) is 0 Å². The van der Waals surface area contributed by atoms with Crippen LogP contribution in [0.4, 0.5) is 4.39 Å². The number of likely N-dealkylation sites (N-methyl/N-ethyl adjacent to an activating group) is 1. The molecule has 1 amide bonds. The first-order valence-electron chi connectivity index (χ1n) is 4.88. The van der Waals surface area contributed by atoms with E-state index in [9.17, 15) is 14.3 Å². The molecule has 0 aliphatic carbocycles. The first-order chi connectivity index (χ1) is 7.50. The number of likely N-dealkylation sites (tertiary alicyclic amines) is 1. The van der Waals surface area contributed by atoms with Crippen LogP contribution in [-0.4, -0.2) is 35.6 Å². The van der Waals surface area contributed by atoms with Gasteiger partial charge in [-0.25, -0.2) is 4.39 Å². The first kappa shape index (κ1) is 11.5. The van der Waals surface area contributed by atoms with Crippen molar-refractivity contribution in [2.45, 2.75) is 12.0 Å². The molecular weight excluding hydrogens is 277 g/mol. The van der Waals surface area contributed by atoms with Gasteiger partial charge in [0.1, 0.15) is 5.82 Å². The lowest BCUT2D eigenvalue weighted by Crippen LogP contribution is -2.21. The lowest BCUT2D eigenvalue weighted by Gasteiger charge is -2.12. The number of hydrogen-bond acceptors (Lipinski definition) is 2. The molecule has 1 saturated heterocycles. The first-order valence-corrected chi connectivity index (χ1v) is 5.68. The second-order valence-corrected chi connectivity index (χ2v) is 4.79. The largest absolute Gasteiger partial charge is 0.390 e. The van der Waals surface area contributed by atoms with Crippen LogP contribution in [0.5, 0.6) is 0 Å². The number of β-amino-alcohol motifs (C(OH)–C–C–N with tert-alkyl or cyclic N) is 1. The Bertz CT molecular complexity index is 438. The summed E-state index contributed by atoms with van der Waals surface area (Å²) in [5.74, 6) is -1.24. The van der Waals surface area contributed by atoms with E-state index < -0.39 is 17.8 Å². The molecule has 1 fully saturated rings. The van der Waals surface area contributed by atoms with Gasteiger partial charge < -0.3 is 10.0 Å². The molecule has 1 aliphatic rings. The molecule has 1 aromatic rings. The summed E-state index contributed by atoms with van der Waals surface area (Å²) in [7, 11) is 1.63. The van der Waals surface area contributed by atoms with E-state index in [1.807, 2.05) is 0 Å². The molecule has 5 heteroatoms. The predicted molar refractivity (Wildman–Crippen MR) is 60.5 cm³/mol. The van der Waals surface area contributed by atoms with E-state index in [0.717, 1.165) is 0 Å². The summed E-state index contributed by atoms with van der Waals surface area (Å²) in [5, 5.41) is 9.75. The number of carbonyl (C=O) groups is 1. The Balaban J connectivity index is 2.37. The molecule has 2 atom stereocenters. The predicted octanol–water partition coefficient (Wildman–Crippen LogP) is 1.50. The molecule has 0 spiro atoms. The second-order valence-electron chi connectivity index (χ2n) is 3.94. The third kappa shape index (κ3) is 1.85. The highest BCUT2D eigenvalue weighted by molar-refractivity contribution is 9.10. The van der Waals surface area contributed by atoms with Crippen LogP contribution in [0, 0.1) is 5.82 Å². The third-order valence-electron chi connectivity index (χ3n) is 2.79. The van der Waals surface area contributed by atoms with Crippen molar-refractivity contribution in [3.63, 3.8) is 0 Å². The molecular formula is C11H11BrFNO2. The Labute approximate surface area is 101 Å². The molecule has 1 aliphatic heterocycles. The topological polar surface area (TPSA) is 40.5 Å². The van der Waals surface area contributed by atoms with Crippen LogP contribution in [0.1, 0.15) is 11.5 Å². The van der Waals surface area contributed by atoms with Gasteiger partial charge in [0, 0.05) is 13.6 Å². The van der Waals surface area contributed by atoms with Gasteiger partial charge in [-0.05, 0) is 33.6 Å². The molecule has 1 N–H and O–H groups in total. The molecule has 3 nitrogen and oxygen atoms in total. The van der Waals surface area contributed by atoms with Gasteiger partial charge in [-0.15, -0.1) is 0 Å². The van der Waals surface area contributed by atoms with Gasteiger partial charge in [0.15, 0.2) is 0 Å². The quantitative estimate of drug-likeness (QED) is 0.851. The number of hydrogen-bond donors (Lipinski definition) is 1. The van der Waals surface area contributed by atoms with E-state index in [1.165, 1.54) is 11.0 Å². The van der Waals surface area contributed by atoms with Gasteiger partial charge in [0.2, 0.25) is 5.91 Å². The molecule has 0 saturated carbocycles. The van der Waals surface area contributed by atoms with Crippen LogP contribution in [0.25, 0.3) is 0 Å². The number of amides is 1. The van der Waals surface area contributed by atoms with Crippen molar-refractivity contribution in [3.05, 3.63) is 34.1 Å². The number of aliphatic hydroxyl groups is 1. The van der Waals surface area contributed by atoms with Crippen molar-refractivity contribution in [1.82, 2.24) is 4.90 Å². The van der Waals surface area contributed by atoms with E-state index in [-0.39, 0.29) is 5.91 Å². The number of nitrogens with zero attached hydrogens (tertiary/aromatic N) is 1. The van der Waals surface area contributed by atoms with Crippen molar-refractivity contribution >= 4 is 21.8 Å². The van der Waals surface area contributed by atoms with Crippen LogP contribution in [-0.2, 0) is 4.79 Å². The van der Waals surface area contributed by atoms with E-state index in [0.29, 0.717) is 16.6 Å². The molecule has 1 aromatic carbocycles. The van der Waals surface area contributed by atoms with E-state index in [2.05, 4.69) is 15.9 Å². The minimum atomic E-state index is -0.766. The normalized spacial score (nSPS) is 25.2. The number of benzene rings is 1. The molecule has 0 bridgehead atoms. The molecule has 0 aromatic heterocycles. The Morgan fingerprint density at radius 1 is 1.56 bits per heavy atom. The van der Waals surface area contributed by atoms with Crippen LogP contribution < -0.4 is 0 Å². The number of halogens is 2. The lowest BCUT2D eigenvalue weighted by atomic mass is 9.95. The van der Waals surface area contributed by atoms with E-state index in [1.54, 1.807) is 19.2 Å². The van der Waals surface area contributed by atoms with Gasteiger partial charge in [0.25, 0.3) is 0 Å². The highest BCUT2D eigenvalue weighted by atomic mass is 79.9. The monoisotopic (exact) mass is 287 g/mol. The highest BCUT2D eigenvalue weighted by Crippen LogP contribution is 2.30. The maximum absolute atomic E-state index is 13.3. The SMILES string of the molecule is CN1CC(O)C(c2ccc(Br)c(F)c2)C1=O. The minimum absolute atomic E-state index is 0.172. The van der Waals surface area contributed by atoms with Crippen molar-refractivity contribution in [2.24, 2.45) is 0 Å². The summed E-state index contributed by atoms with van der Waals surface area (Å²) in [6, 6.07) is 4.48. The summed E-state index contributed by atoms with van der Waals surface area (Å²) in [6.45, 7) is 0.293. The van der Waals surface area contributed by atoms with Crippen molar-refractivity contribution in [2.75, 3.05) is 13.6 Å².